The fourth-order valence-electron chi connectivity index (χ4n) is 5.28. The molecule has 2 aliphatic heterocycles. The van der Waals surface area contributed by atoms with Crippen molar-refractivity contribution < 1.29 is 22.7 Å². The molecular formula is C32H30F3N7O2S. The van der Waals surface area contributed by atoms with Crippen LogP contribution in [0.1, 0.15) is 42.5 Å². The van der Waals surface area contributed by atoms with Gasteiger partial charge in [0.25, 0.3) is 0 Å². The number of nitrogens with zero attached hydrogens (tertiary/aromatic N) is 6. The van der Waals surface area contributed by atoms with Crippen LogP contribution in [0.2, 0.25) is 0 Å². The molecule has 2 unspecified atom stereocenters. The molecule has 9 nitrogen and oxygen atoms in total. The molecule has 2 aliphatic rings. The molecule has 1 fully saturated rings. The largest absolute Gasteiger partial charge is 0.573 e. The Balaban J connectivity index is 1.10. The van der Waals surface area contributed by atoms with Crippen molar-refractivity contribution in [2.24, 2.45) is 4.99 Å². The standard InChI is InChI=1S/C32H30F3N7O2S/c1-19-5-14-27-20(2)16-25-17-45-31(42(25)28(27)15-19)37-30(43)39-40(4)21(3)22-6-8-23(9-7-22)29-36-18-41(38-29)24-10-12-26(13-11-24)44-32(33,34)35/h5-16,18,20-21H,17H2,1-4H3,(H,39,43)/b37-31-. The molecule has 0 aliphatic carbocycles. The summed E-state index contributed by atoms with van der Waals surface area (Å²) in [6.07, 6.45) is -1.03. The number of aryl methyl sites for hydroxylation is 1. The van der Waals surface area contributed by atoms with Crippen LogP contribution in [0.5, 0.6) is 5.75 Å². The topological polar surface area (TPSA) is 87.9 Å². The third-order valence-electron chi connectivity index (χ3n) is 7.72. The first-order valence-electron chi connectivity index (χ1n) is 14.2. The average molecular weight is 634 g/mol. The molecule has 2 amide bonds. The Kier molecular flexibility index (Phi) is 8.14. The Bertz CT molecular complexity index is 1790. The number of anilines is 1. The number of hydrogen-bond acceptors (Lipinski definition) is 6. The summed E-state index contributed by atoms with van der Waals surface area (Å²) in [5.41, 5.74) is 9.70. The van der Waals surface area contributed by atoms with Crippen LogP contribution >= 0.6 is 11.8 Å². The zero-order valence-corrected chi connectivity index (χ0v) is 25.7. The van der Waals surface area contributed by atoms with E-state index >= 15 is 0 Å². The Hall–Kier alpha value is -4.62. The molecule has 6 rings (SSSR count). The van der Waals surface area contributed by atoms with Crippen LogP contribution < -0.4 is 15.1 Å². The molecule has 45 heavy (non-hydrogen) atoms. The number of ether oxygens (including phenoxy) is 1. The fraction of sp³-hybridized carbons (Fsp3) is 0.250. The maximum atomic E-state index is 13.0. The first kappa shape index (κ1) is 30.4. The normalized spacial score (nSPS) is 17.6. The van der Waals surface area contributed by atoms with Crippen molar-refractivity contribution in [3.8, 4) is 22.8 Å². The second-order valence-electron chi connectivity index (χ2n) is 10.9. The number of carbonyl (C=O) groups excluding carboxylic acids is 1. The molecule has 1 N–H and O–H groups in total. The summed E-state index contributed by atoms with van der Waals surface area (Å²) in [6.45, 7) is 6.21. The van der Waals surface area contributed by atoms with E-state index in [-0.39, 0.29) is 11.8 Å². The first-order valence-corrected chi connectivity index (χ1v) is 15.2. The number of amidine groups is 1. The molecule has 1 aromatic heterocycles. The minimum atomic E-state index is -4.75. The van der Waals surface area contributed by atoms with Gasteiger partial charge in [0.2, 0.25) is 0 Å². The molecule has 3 aromatic carbocycles. The van der Waals surface area contributed by atoms with Crippen LogP contribution in [-0.4, -0.2) is 50.1 Å². The van der Waals surface area contributed by atoms with Gasteiger partial charge in [0.1, 0.15) is 12.1 Å². The molecule has 3 heterocycles. The van der Waals surface area contributed by atoms with E-state index in [0.29, 0.717) is 22.6 Å². The van der Waals surface area contributed by atoms with Crippen LogP contribution in [0.3, 0.4) is 0 Å². The van der Waals surface area contributed by atoms with Crippen molar-refractivity contribution in [1.82, 2.24) is 25.2 Å². The van der Waals surface area contributed by atoms with E-state index in [1.54, 1.807) is 23.8 Å². The fourth-order valence-corrected chi connectivity index (χ4v) is 6.27. The molecule has 232 valence electrons. The van der Waals surface area contributed by atoms with Gasteiger partial charge in [-0.2, -0.15) is 4.99 Å². The predicted molar refractivity (Wildman–Crippen MR) is 168 cm³/mol. The lowest BCUT2D eigenvalue weighted by Crippen LogP contribution is -2.40. The number of alkyl halides is 3. The number of urea groups is 1. The number of thioether (sulfide) groups is 1. The van der Waals surface area contributed by atoms with Crippen molar-refractivity contribution in [3.05, 3.63) is 102 Å². The van der Waals surface area contributed by atoms with E-state index in [9.17, 15) is 18.0 Å². The van der Waals surface area contributed by atoms with E-state index in [1.165, 1.54) is 40.8 Å². The van der Waals surface area contributed by atoms with Crippen molar-refractivity contribution in [1.29, 1.82) is 0 Å². The Morgan fingerprint density at radius 3 is 2.58 bits per heavy atom. The van der Waals surface area contributed by atoms with Gasteiger partial charge in [0.05, 0.1) is 17.4 Å². The van der Waals surface area contributed by atoms with Crippen molar-refractivity contribution >= 4 is 28.6 Å². The molecular weight excluding hydrogens is 603 g/mol. The number of allylic oxidation sites excluding steroid dienone is 1. The Morgan fingerprint density at radius 2 is 1.87 bits per heavy atom. The molecule has 0 radical (unpaired) electrons. The van der Waals surface area contributed by atoms with Gasteiger partial charge in [-0.3, -0.25) is 10.3 Å². The minimum Gasteiger partial charge on any atom is -0.406 e. The van der Waals surface area contributed by atoms with Crippen molar-refractivity contribution in [3.63, 3.8) is 0 Å². The zero-order chi connectivity index (χ0) is 31.9. The highest BCUT2D eigenvalue weighted by atomic mass is 32.2. The van der Waals surface area contributed by atoms with Gasteiger partial charge in [0.15, 0.2) is 11.0 Å². The summed E-state index contributed by atoms with van der Waals surface area (Å²) in [7, 11) is 1.79. The Morgan fingerprint density at radius 1 is 1.13 bits per heavy atom. The molecule has 4 aromatic rings. The monoisotopic (exact) mass is 633 g/mol. The highest BCUT2D eigenvalue weighted by Gasteiger charge is 2.34. The molecule has 0 spiro atoms. The first-order chi connectivity index (χ1) is 21.4. The predicted octanol–water partition coefficient (Wildman–Crippen LogP) is 7.37. The summed E-state index contributed by atoms with van der Waals surface area (Å²) in [4.78, 5) is 23.9. The summed E-state index contributed by atoms with van der Waals surface area (Å²) in [5, 5.41) is 6.82. The van der Waals surface area contributed by atoms with Gasteiger partial charge in [-0.15, -0.1) is 18.3 Å². The number of aliphatic imine (C=N–C) groups is 1. The number of benzene rings is 3. The Labute approximate surface area is 262 Å². The van der Waals surface area contributed by atoms with E-state index in [4.69, 9.17) is 0 Å². The molecule has 1 saturated heterocycles. The van der Waals surface area contributed by atoms with Crippen molar-refractivity contribution in [2.75, 3.05) is 17.7 Å². The molecule has 2 atom stereocenters. The number of rotatable bonds is 6. The highest BCUT2D eigenvalue weighted by molar-refractivity contribution is 8.14. The smallest absolute Gasteiger partial charge is 0.406 e. The number of carbonyl (C=O) groups is 1. The van der Waals surface area contributed by atoms with Crippen LogP contribution in [0.15, 0.2) is 89.8 Å². The SMILES string of the molecule is Cc1ccc2c(c1)N1C(=CC2C)CS/C1=N\C(=O)NN(C)C(C)c1ccc(-c2ncn(-c3ccc(OC(F)(F)F)cc3)n2)cc1. The van der Waals surface area contributed by atoms with Crippen LogP contribution in [0.4, 0.5) is 23.7 Å². The number of hydrazine groups is 1. The second-order valence-corrected chi connectivity index (χ2v) is 11.9. The number of aromatic nitrogens is 3. The number of nitrogens with one attached hydrogen (secondary N) is 1. The number of hydrogen-bond donors (Lipinski definition) is 1. The van der Waals surface area contributed by atoms with E-state index in [2.05, 4.69) is 68.3 Å². The number of fused-ring (bicyclic) bond motifs is 3. The van der Waals surface area contributed by atoms with Crippen molar-refractivity contribution in [2.45, 2.75) is 39.1 Å². The van der Waals surface area contributed by atoms with Gasteiger partial charge >= 0.3 is 12.4 Å². The number of amides is 2. The molecule has 0 bridgehead atoms. The van der Waals surface area contributed by atoms with Crippen LogP contribution in [0, 0.1) is 6.92 Å². The van der Waals surface area contributed by atoms with Gasteiger partial charge in [-0.05, 0) is 60.9 Å². The van der Waals surface area contributed by atoms with E-state index in [1.807, 2.05) is 31.2 Å². The van der Waals surface area contributed by atoms with Gasteiger partial charge in [-0.1, -0.05) is 61.2 Å². The maximum Gasteiger partial charge on any atom is 0.573 e. The zero-order valence-electron chi connectivity index (χ0n) is 24.9. The summed E-state index contributed by atoms with van der Waals surface area (Å²) < 4.78 is 42.7. The summed E-state index contributed by atoms with van der Waals surface area (Å²) in [5.74, 6) is 1.20. The minimum absolute atomic E-state index is 0.169. The average Bonchev–Trinajstić information content (AvgIpc) is 3.64. The quantitative estimate of drug-likeness (QED) is 0.222. The lowest BCUT2D eigenvalue weighted by atomic mass is 9.93. The highest BCUT2D eigenvalue weighted by Crippen LogP contribution is 2.43. The molecule has 13 heteroatoms. The number of halogens is 3. The third kappa shape index (κ3) is 6.59. The second kappa shape index (κ2) is 12.1. The van der Waals surface area contributed by atoms with Gasteiger partial charge in [-0.25, -0.2) is 19.5 Å². The molecule has 0 saturated carbocycles. The van der Waals surface area contributed by atoms with Gasteiger partial charge < -0.3 is 4.74 Å². The lowest BCUT2D eigenvalue weighted by molar-refractivity contribution is -0.274. The summed E-state index contributed by atoms with van der Waals surface area (Å²) >= 11 is 1.55. The summed E-state index contributed by atoms with van der Waals surface area (Å²) in [6, 6.07) is 18.7. The maximum absolute atomic E-state index is 13.0. The van der Waals surface area contributed by atoms with Gasteiger partial charge in [0, 0.05) is 30.0 Å². The van der Waals surface area contributed by atoms with Crippen LogP contribution in [0.25, 0.3) is 17.1 Å². The van der Waals surface area contributed by atoms with E-state index < -0.39 is 12.4 Å². The third-order valence-corrected chi connectivity index (χ3v) is 8.69. The van der Waals surface area contributed by atoms with Crippen LogP contribution in [-0.2, 0) is 0 Å². The lowest BCUT2D eigenvalue weighted by Gasteiger charge is -2.30. The van der Waals surface area contributed by atoms with E-state index in [0.717, 1.165) is 33.8 Å².